The van der Waals surface area contributed by atoms with Crippen molar-refractivity contribution in [2.24, 2.45) is 10.2 Å². The molecular weight excluding hydrogens is 389 g/mol. The maximum atomic E-state index is 13.2. The molecule has 3 rings (SSSR count). The Kier molecular flexibility index (Phi) is 7.41. The Morgan fingerprint density at radius 2 is 1.97 bits per heavy atom. The largest absolute Gasteiger partial charge is 0.496 e. The molecule has 1 saturated heterocycles. The molecule has 1 amide bonds. The molecule has 2 aromatic rings. The molecule has 0 radical (unpaired) electrons. The fourth-order valence-corrected chi connectivity index (χ4v) is 4.13. The first-order chi connectivity index (χ1) is 14.1. The number of ether oxygens (including phenoxy) is 1. The molecule has 0 bridgehead atoms. The van der Waals surface area contributed by atoms with Gasteiger partial charge in [-0.1, -0.05) is 55.8 Å². The molecule has 0 saturated carbocycles. The van der Waals surface area contributed by atoms with Gasteiger partial charge in [0.2, 0.25) is 5.91 Å². The summed E-state index contributed by atoms with van der Waals surface area (Å²) >= 11 is 1.44. The van der Waals surface area contributed by atoms with Gasteiger partial charge in [0.25, 0.3) is 0 Å². The summed E-state index contributed by atoms with van der Waals surface area (Å²) in [7, 11) is 1.60. The van der Waals surface area contributed by atoms with Gasteiger partial charge >= 0.3 is 0 Å². The minimum Gasteiger partial charge on any atom is -0.496 e. The molecule has 0 aliphatic carbocycles. The van der Waals surface area contributed by atoms with Crippen LogP contribution < -0.4 is 4.74 Å². The van der Waals surface area contributed by atoms with Crippen molar-refractivity contribution in [1.29, 1.82) is 0 Å². The number of thioether (sulfide) groups is 1. The van der Waals surface area contributed by atoms with Crippen LogP contribution in [0.15, 0.2) is 58.7 Å². The van der Waals surface area contributed by atoms with Crippen LogP contribution in [0.4, 0.5) is 4.39 Å². The Balaban J connectivity index is 1.81. The number of nitrogens with zero attached hydrogens (tertiary/aromatic N) is 3. The molecule has 1 aliphatic heterocycles. The van der Waals surface area contributed by atoms with Crippen molar-refractivity contribution in [1.82, 2.24) is 4.90 Å². The number of halogens is 1. The highest BCUT2D eigenvalue weighted by atomic mass is 32.2. The van der Waals surface area contributed by atoms with Crippen LogP contribution in [0, 0.1) is 5.82 Å². The summed E-state index contributed by atoms with van der Waals surface area (Å²) in [6.45, 7) is 2.45. The lowest BCUT2D eigenvalue weighted by atomic mass is 10.1. The number of para-hydroxylation sites is 1. The molecular formula is C22H24FN3O2S. The van der Waals surface area contributed by atoms with E-state index in [1.54, 1.807) is 30.4 Å². The van der Waals surface area contributed by atoms with E-state index in [-0.39, 0.29) is 17.0 Å². The number of carbonyl (C=O) groups excluding carboxylic acids is 1. The van der Waals surface area contributed by atoms with Crippen LogP contribution >= 0.6 is 11.8 Å². The molecule has 0 aromatic heterocycles. The standard InChI is InChI=1S/C22H24FN3O2S/c1-3-4-9-20-21(27)26(15-16-10-12-18(23)13-11-16)22(29-20)25-24-14-17-7-5-6-8-19(17)28-2/h5-8,10-14,20H,3-4,9,15H2,1-2H3. The SMILES string of the molecule is CCCCC1SC(=NN=Cc2ccccc2OC)N(Cc2ccc(F)cc2)C1=O. The van der Waals surface area contributed by atoms with Gasteiger partial charge in [-0.25, -0.2) is 4.39 Å². The van der Waals surface area contributed by atoms with E-state index in [4.69, 9.17) is 4.74 Å². The molecule has 1 fully saturated rings. The number of rotatable bonds is 8. The lowest BCUT2D eigenvalue weighted by molar-refractivity contribution is -0.126. The van der Waals surface area contributed by atoms with Gasteiger partial charge in [-0.3, -0.25) is 9.69 Å². The van der Waals surface area contributed by atoms with Crippen LogP contribution in [0.2, 0.25) is 0 Å². The molecule has 1 atom stereocenters. The molecule has 0 N–H and O–H groups in total. The molecule has 2 aromatic carbocycles. The molecule has 7 heteroatoms. The predicted octanol–water partition coefficient (Wildman–Crippen LogP) is 4.86. The second kappa shape index (κ2) is 10.2. The third-order valence-corrected chi connectivity index (χ3v) is 5.81. The second-order valence-electron chi connectivity index (χ2n) is 6.67. The number of hydrogen-bond donors (Lipinski definition) is 0. The first-order valence-electron chi connectivity index (χ1n) is 9.59. The fraction of sp³-hybridized carbons (Fsp3) is 0.318. The van der Waals surface area contributed by atoms with Crippen LogP contribution in [0.5, 0.6) is 5.75 Å². The van der Waals surface area contributed by atoms with Crippen LogP contribution in [-0.4, -0.2) is 34.5 Å². The zero-order valence-electron chi connectivity index (χ0n) is 16.5. The van der Waals surface area contributed by atoms with Gasteiger partial charge in [-0.2, -0.15) is 5.10 Å². The Morgan fingerprint density at radius 3 is 2.69 bits per heavy atom. The number of amidine groups is 1. The fourth-order valence-electron chi connectivity index (χ4n) is 2.99. The van der Waals surface area contributed by atoms with Gasteiger partial charge in [0.15, 0.2) is 5.17 Å². The average Bonchev–Trinajstić information content (AvgIpc) is 3.03. The molecule has 29 heavy (non-hydrogen) atoms. The summed E-state index contributed by atoms with van der Waals surface area (Å²) in [6.07, 6.45) is 4.42. The quantitative estimate of drug-likeness (QED) is 0.459. The number of methoxy groups -OCH3 is 1. The van der Waals surface area contributed by atoms with Gasteiger partial charge in [0.05, 0.1) is 25.1 Å². The number of amides is 1. The Bertz CT molecular complexity index is 899. The summed E-state index contributed by atoms with van der Waals surface area (Å²) < 4.78 is 18.5. The highest BCUT2D eigenvalue weighted by Crippen LogP contribution is 2.32. The van der Waals surface area contributed by atoms with Crippen LogP contribution in [0.25, 0.3) is 0 Å². The first kappa shape index (κ1) is 21.0. The summed E-state index contributed by atoms with van der Waals surface area (Å²) in [4.78, 5) is 14.5. The molecule has 1 unspecified atom stereocenters. The Morgan fingerprint density at radius 1 is 1.21 bits per heavy atom. The maximum absolute atomic E-state index is 13.2. The van der Waals surface area contributed by atoms with Crippen molar-refractivity contribution in [2.75, 3.05) is 7.11 Å². The van der Waals surface area contributed by atoms with E-state index in [1.807, 2.05) is 24.3 Å². The zero-order valence-corrected chi connectivity index (χ0v) is 17.4. The lowest BCUT2D eigenvalue weighted by Crippen LogP contribution is -2.31. The molecule has 152 valence electrons. The Hall–Kier alpha value is -2.67. The molecule has 5 nitrogen and oxygen atoms in total. The van der Waals surface area contributed by atoms with Crippen LogP contribution in [-0.2, 0) is 11.3 Å². The minimum atomic E-state index is -0.299. The van der Waals surface area contributed by atoms with Gasteiger partial charge in [-0.05, 0) is 36.2 Å². The van der Waals surface area contributed by atoms with Crippen LogP contribution in [0.1, 0.15) is 37.3 Å². The average molecular weight is 414 g/mol. The summed E-state index contributed by atoms with van der Waals surface area (Å²) in [5.74, 6) is 0.432. The normalized spacial score (nSPS) is 18.2. The van der Waals surface area contributed by atoms with E-state index < -0.39 is 0 Å². The first-order valence-corrected chi connectivity index (χ1v) is 10.5. The second-order valence-corrected chi connectivity index (χ2v) is 7.84. The van der Waals surface area contributed by atoms with E-state index >= 15 is 0 Å². The van der Waals surface area contributed by atoms with E-state index in [1.165, 1.54) is 23.9 Å². The Labute approximate surface area is 174 Å². The van der Waals surface area contributed by atoms with E-state index in [9.17, 15) is 9.18 Å². The summed E-state index contributed by atoms with van der Waals surface area (Å²) in [5, 5.41) is 8.92. The molecule has 1 heterocycles. The van der Waals surface area contributed by atoms with Crippen molar-refractivity contribution in [3.63, 3.8) is 0 Å². The zero-order chi connectivity index (χ0) is 20.6. The van der Waals surface area contributed by atoms with Crippen molar-refractivity contribution < 1.29 is 13.9 Å². The van der Waals surface area contributed by atoms with Crippen LogP contribution in [0.3, 0.4) is 0 Å². The maximum Gasteiger partial charge on any atom is 0.242 e. The van der Waals surface area contributed by atoms with Crippen molar-refractivity contribution in [3.05, 3.63) is 65.5 Å². The summed E-state index contributed by atoms with van der Waals surface area (Å²) in [5.41, 5.74) is 1.65. The minimum absolute atomic E-state index is 0.0269. The van der Waals surface area contributed by atoms with Gasteiger partial charge in [0.1, 0.15) is 11.6 Å². The van der Waals surface area contributed by atoms with Gasteiger partial charge < -0.3 is 4.74 Å². The lowest BCUT2D eigenvalue weighted by Gasteiger charge is -2.16. The highest BCUT2D eigenvalue weighted by Gasteiger charge is 2.37. The predicted molar refractivity (Wildman–Crippen MR) is 116 cm³/mol. The van der Waals surface area contributed by atoms with Crippen molar-refractivity contribution in [2.45, 2.75) is 38.0 Å². The number of benzene rings is 2. The third-order valence-electron chi connectivity index (χ3n) is 4.57. The monoisotopic (exact) mass is 413 g/mol. The highest BCUT2D eigenvalue weighted by molar-refractivity contribution is 8.15. The summed E-state index contributed by atoms with van der Waals surface area (Å²) in [6, 6.07) is 13.7. The third kappa shape index (κ3) is 5.44. The smallest absolute Gasteiger partial charge is 0.242 e. The van der Waals surface area contributed by atoms with E-state index in [0.29, 0.717) is 17.5 Å². The number of hydrogen-bond acceptors (Lipinski definition) is 5. The number of carbonyl (C=O) groups is 1. The topological polar surface area (TPSA) is 54.3 Å². The van der Waals surface area contributed by atoms with Crippen molar-refractivity contribution in [3.8, 4) is 5.75 Å². The number of unbranched alkanes of at least 4 members (excludes halogenated alkanes) is 1. The molecule has 1 aliphatic rings. The van der Waals surface area contributed by atoms with Gasteiger partial charge in [0, 0.05) is 5.56 Å². The molecule has 0 spiro atoms. The van der Waals surface area contributed by atoms with Crippen molar-refractivity contribution >= 4 is 29.1 Å². The van der Waals surface area contributed by atoms with E-state index in [0.717, 1.165) is 30.4 Å². The van der Waals surface area contributed by atoms with Gasteiger partial charge in [-0.15, -0.1) is 5.10 Å². The van der Waals surface area contributed by atoms with E-state index in [2.05, 4.69) is 17.1 Å².